The van der Waals surface area contributed by atoms with E-state index in [-0.39, 0.29) is 19.0 Å². The molecule has 0 atom stereocenters. The molecule has 2 aromatic carbocycles. The Labute approximate surface area is 106 Å². The summed E-state index contributed by atoms with van der Waals surface area (Å²) < 4.78 is 19.1. The van der Waals surface area contributed by atoms with Gasteiger partial charge in [-0.2, -0.15) is 0 Å². The van der Waals surface area contributed by atoms with E-state index in [1.165, 1.54) is 6.07 Å². The summed E-state index contributed by atoms with van der Waals surface area (Å²) in [5, 5.41) is 8.69. The molecule has 18 heavy (non-hydrogen) atoms. The number of hydrogen-bond donors (Lipinski definition) is 1. The molecule has 0 radical (unpaired) electrons. The van der Waals surface area contributed by atoms with Crippen LogP contribution in [0.4, 0.5) is 4.39 Å². The van der Waals surface area contributed by atoms with Crippen LogP contribution in [-0.4, -0.2) is 18.3 Å². The molecule has 0 bridgehead atoms. The largest absolute Gasteiger partial charge is 0.394 e. The Kier molecular flexibility index (Phi) is 4.45. The van der Waals surface area contributed by atoms with Crippen LogP contribution in [0.2, 0.25) is 0 Å². The Bertz CT molecular complexity index is 511. The molecule has 0 aliphatic heterocycles. The molecular formula is C15H15FO2. The molecule has 0 saturated heterocycles. The van der Waals surface area contributed by atoms with Gasteiger partial charge in [-0.1, -0.05) is 42.5 Å². The quantitative estimate of drug-likeness (QED) is 0.822. The van der Waals surface area contributed by atoms with Crippen LogP contribution >= 0.6 is 0 Å². The average molecular weight is 246 g/mol. The molecule has 2 rings (SSSR count). The van der Waals surface area contributed by atoms with Crippen molar-refractivity contribution >= 4 is 0 Å². The van der Waals surface area contributed by atoms with Gasteiger partial charge in [0.15, 0.2) is 0 Å². The van der Waals surface area contributed by atoms with Gasteiger partial charge in [-0.3, -0.25) is 0 Å². The molecule has 1 N–H and O–H groups in total. The van der Waals surface area contributed by atoms with Crippen LogP contribution in [0.1, 0.15) is 5.56 Å². The number of hydrogen-bond acceptors (Lipinski definition) is 2. The lowest BCUT2D eigenvalue weighted by Crippen LogP contribution is -2.01. The number of ether oxygens (including phenoxy) is 1. The normalized spacial score (nSPS) is 10.6. The van der Waals surface area contributed by atoms with Crippen molar-refractivity contribution in [3.05, 3.63) is 59.9 Å². The van der Waals surface area contributed by atoms with Crippen molar-refractivity contribution in [3.8, 4) is 11.1 Å². The number of halogens is 1. The standard InChI is InChI=1S/C15H15FO2/c16-15-8-4-3-7-14(15)13-6-2-1-5-12(13)11-18-10-9-17/h1-8,17H,9-11H2. The van der Waals surface area contributed by atoms with E-state index in [1.54, 1.807) is 12.1 Å². The SMILES string of the molecule is OCCOCc1ccccc1-c1ccccc1F. The lowest BCUT2D eigenvalue weighted by molar-refractivity contribution is 0.0818. The van der Waals surface area contributed by atoms with Crippen LogP contribution < -0.4 is 0 Å². The van der Waals surface area contributed by atoms with E-state index in [1.807, 2.05) is 30.3 Å². The third-order valence-electron chi connectivity index (χ3n) is 2.67. The van der Waals surface area contributed by atoms with Gasteiger partial charge in [0.1, 0.15) is 5.82 Å². The molecule has 0 heterocycles. The summed E-state index contributed by atoms with van der Waals surface area (Å²) in [4.78, 5) is 0. The molecule has 2 aromatic rings. The lowest BCUT2D eigenvalue weighted by Gasteiger charge is -2.10. The number of benzene rings is 2. The summed E-state index contributed by atoms with van der Waals surface area (Å²) in [5.74, 6) is -0.243. The van der Waals surface area contributed by atoms with Crippen molar-refractivity contribution in [1.29, 1.82) is 0 Å². The Morgan fingerprint density at radius 1 is 0.944 bits per heavy atom. The Balaban J connectivity index is 2.30. The van der Waals surface area contributed by atoms with Gasteiger partial charge < -0.3 is 9.84 Å². The van der Waals surface area contributed by atoms with Gasteiger partial charge in [-0.05, 0) is 17.2 Å². The molecular weight excluding hydrogens is 231 g/mol. The second-order valence-electron chi connectivity index (χ2n) is 3.91. The zero-order valence-electron chi connectivity index (χ0n) is 9.97. The number of aliphatic hydroxyl groups excluding tert-OH is 1. The minimum absolute atomic E-state index is 0.0120. The van der Waals surface area contributed by atoms with E-state index >= 15 is 0 Å². The summed E-state index contributed by atoms with van der Waals surface area (Å²) >= 11 is 0. The summed E-state index contributed by atoms with van der Waals surface area (Å²) in [6, 6.07) is 14.2. The van der Waals surface area contributed by atoms with Crippen molar-refractivity contribution in [1.82, 2.24) is 0 Å². The average Bonchev–Trinajstić information content (AvgIpc) is 2.40. The zero-order valence-corrected chi connectivity index (χ0v) is 9.97. The third kappa shape index (κ3) is 2.94. The summed E-state index contributed by atoms with van der Waals surface area (Å²) in [6.07, 6.45) is 0. The minimum atomic E-state index is -0.243. The van der Waals surface area contributed by atoms with Crippen molar-refractivity contribution in [2.45, 2.75) is 6.61 Å². The van der Waals surface area contributed by atoms with Crippen molar-refractivity contribution in [2.75, 3.05) is 13.2 Å². The highest BCUT2D eigenvalue weighted by molar-refractivity contribution is 5.67. The zero-order chi connectivity index (χ0) is 12.8. The van der Waals surface area contributed by atoms with E-state index in [0.29, 0.717) is 12.2 Å². The minimum Gasteiger partial charge on any atom is -0.394 e. The maximum atomic E-state index is 13.8. The topological polar surface area (TPSA) is 29.5 Å². The fourth-order valence-electron chi connectivity index (χ4n) is 1.84. The van der Waals surface area contributed by atoms with Gasteiger partial charge in [0.25, 0.3) is 0 Å². The molecule has 0 amide bonds. The molecule has 0 aromatic heterocycles. The second-order valence-corrected chi connectivity index (χ2v) is 3.91. The fourth-order valence-corrected chi connectivity index (χ4v) is 1.84. The summed E-state index contributed by atoms with van der Waals surface area (Å²) in [5.41, 5.74) is 2.31. The van der Waals surface area contributed by atoms with Gasteiger partial charge >= 0.3 is 0 Å². The first-order valence-corrected chi connectivity index (χ1v) is 5.84. The molecule has 0 fully saturated rings. The van der Waals surface area contributed by atoms with Crippen LogP contribution in [0.15, 0.2) is 48.5 Å². The van der Waals surface area contributed by atoms with Crippen LogP contribution in [0.3, 0.4) is 0 Å². The number of rotatable bonds is 5. The highest BCUT2D eigenvalue weighted by atomic mass is 19.1. The van der Waals surface area contributed by atoms with Gasteiger partial charge in [0.05, 0.1) is 19.8 Å². The van der Waals surface area contributed by atoms with Crippen LogP contribution in [0.25, 0.3) is 11.1 Å². The predicted octanol–water partition coefficient (Wildman–Crippen LogP) is 3.00. The van der Waals surface area contributed by atoms with Gasteiger partial charge in [-0.25, -0.2) is 4.39 Å². The van der Waals surface area contributed by atoms with E-state index in [0.717, 1.165) is 11.1 Å². The summed E-state index contributed by atoms with van der Waals surface area (Å²) in [6.45, 7) is 0.637. The molecule has 0 aliphatic carbocycles. The first kappa shape index (κ1) is 12.7. The second kappa shape index (κ2) is 6.28. The van der Waals surface area contributed by atoms with Crippen LogP contribution in [0.5, 0.6) is 0 Å². The number of aliphatic hydroxyl groups is 1. The lowest BCUT2D eigenvalue weighted by atomic mass is 10.00. The van der Waals surface area contributed by atoms with E-state index in [2.05, 4.69) is 0 Å². The van der Waals surface area contributed by atoms with Crippen LogP contribution in [-0.2, 0) is 11.3 Å². The van der Waals surface area contributed by atoms with Crippen molar-refractivity contribution in [3.63, 3.8) is 0 Å². The Morgan fingerprint density at radius 3 is 2.33 bits per heavy atom. The van der Waals surface area contributed by atoms with Gasteiger partial charge in [0, 0.05) is 5.56 Å². The van der Waals surface area contributed by atoms with Crippen molar-refractivity contribution < 1.29 is 14.2 Å². The highest BCUT2D eigenvalue weighted by Gasteiger charge is 2.08. The molecule has 0 aliphatic rings. The third-order valence-corrected chi connectivity index (χ3v) is 2.67. The first-order chi connectivity index (χ1) is 8.83. The van der Waals surface area contributed by atoms with Crippen molar-refractivity contribution in [2.24, 2.45) is 0 Å². The Hall–Kier alpha value is -1.71. The maximum absolute atomic E-state index is 13.8. The fraction of sp³-hybridized carbons (Fsp3) is 0.200. The Morgan fingerprint density at radius 2 is 1.61 bits per heavy atom. The molecule has 0 spiro atoms. The molecule has 0 saturated carbocycles. The van der Waals surface area contributed by atoms with Gasteiger partial charge in [-0.15, -0.1) is 0 Å². The highest BCUT2D eigenvalue weighted by Crippen LogP contribution is 2.26. The van der Waals surface area contributed by atoms with Gasteiger partial charge in [0.2, 0.25) is 0 Å². The summed E-state index contributed by atoms with van der Waals surface area (Å²) in [7, 11) is 0. The van der Waals surface area contributed by atoms with Crippen LogP contribution in [0, 0.1) is 5.82 Å². The molecule has 0 unspecified atom stereocenters. The monoisotopic (exact) mass is 246 g/mol. The first-order valence-electron chi connectivity index (χ1n) is 5.84. The van der Waals surface area contributed by atoms with E-state index in [9.17, 15) is 4.39 Å². The molecule has 2 nitrogen and oxygen atoms in total. The smallest absolute Gasteiger partial charge is 0.131 e. The molecule has 94 valence electrons. The van der Waals surface area contributed by atoms with E-state index in [4.69, 9.17) is 9.84 Å². The molecule has 3 heteroatoms. The predicted molar refractivity (Wildman–Crippen MR) is 68.6 cm³/mol. The van der Waals surface area contributed by atoms with E-state index < -0.39 is 0 Å². The maximum Gasteiger partial charge on any atom is 0.131 e.